The number of amides is 2. The summed E-state index contributed by atoms with van der Waals surface area (Å²) in [5, 5.41) is 13.9. The average Bonchev–Trinajstić information content (AvgIpc) is 2.49. The predicted molar refractivity (Wildman–Crippen MR) is 79.0 cm³/mol. The van der Waals surface area contributed by atoms with Crippen LogP contribution in [-0.4, -0.2) is 36.8 Å². The summed E-state index contributed by atoms with van der Waals surface area (Å²) in [7, 11) is 0. The number of carbonyl (C=O) groups excluding carboxylic acids is 2. The number of hydrogen-bond donors (Lipinski definition) is 3. The largest absolute Gasteiger partial charge is 0.412 e. The molecule has 2 amide bonds. The molecule has 0 aliphatic carbocycles. The van der Waals surface area contributed by atoms with Crippen LogP contribution < -0.4 is 15.4 Å². The van der Waals surface area contributed by atoms with E-state index in [-0.39, 0.29) is 12.5 Å². The molecule has 116 valence electrons. The van der Waals surface area contributed by atoms with Crippen molar-refractivity contribution in [2.24, 2.45) is 0 Å². The number of ether oxygens (including phenoxy) is 1. The number of aliphatic hydroxyl groups excluding tert-OH is 1. The van der Waals surface area contributed by atoms with Crippen LogP contribution >= 0.6 is 0 Å². The number of unbranched alkanes of at least 4 members (excludes halogenated alkanes) is 2. The van der Waals surface area contributed by atoms with Gasteiger partial charge in [0.15, 0.2) is 0 Å². The van der Waals surface area contributed by atoms with Gasteiger partial charge < -0.3 is 20.5 Å². The number of hydrogen-bond acceptors (Lipinski definition) is 4. The van der Waals surface area contributed by atoms with Crippen LogP contribution in [0.25, 0.3) is 0 Å². The molecule has 0 radical (unpaired) electrons. The second-order valence-corrected chi connectivity index (χ2v) is 4.51. The first kappa shape index (κ1) is 17.0. The lowest BCUT2D eigenvalue weighted by Gasteiger charge is -2.07. The molecule has 0 spiro atoms. The highest BCUT2D eigenvalue weighted by atomic mass is 16.6. The van der Waals surface area contributed by atoms with Crippen LogP contribution in [0.1, 0.15) is 25.7 Å². The summed E-state index contributed by atoms with van der Waals surface area (Å²) in [5.74, 6) is 0.425. The fraction of sp³-hybridized carbons (Fsp3) is 0.467. The van der Waals surface area contributed by atoms with Crippen molar-refractivity contribution in [1.82, 2.24) is 10.6 Å². The smallest absolute Gasteiger partial charge is 0.410 e. The van der Waals surface area contributed by atoms with Crippen LogP contribution in [0.2, 0.25) is 0 Å². The van der Waals surface area contributed by atoms with E-state index in [1.54, 1.807) is 24.3 Å². The van der Waals surface area contributed by atoms with Crippen LogP contribution in [0, 0.1) is 0 Å². The van der Waals surface area contributed by atoms with Gasteiger partial charge >= 0.3 is 6.09 Å². The molecule has 1 aromatic carbocycles. The molecule has 3 N–H and O–H groups in total. The Kier molecular flexibility index (Phi) is 8.63. The van der Waals surface area contributed by atoms with Crippen molar-refractivity contribution in [3.63, 3.8) is 0 Å². The Labute approximate surface area is 124 Å². The van der Waals surface area contributed by atoms with Crippen LogP contribution in [0.3, 0.4) is 0 Å². The maximum Gasteiger partial charge on any atom is 0.412 e. The van der Waals surface area contributed by atoms with E-state index in [9.17, 15) is 9.59 Å². The normalized spacial score (nSPS) is 9.95. The number of aliphatic hydroxyl groups is 1. The first-order valence-electron chi connectivity index (χ1n) is 7.10. The summed E-state index contributed by atoms with van der Waals surface area (Å²) in [6.45, 7) is 0.839. The van der Waals surface area contributed by atoms with Gasteiger partial charge in [-0.2, -0.15) is 0 Å². The Bertz CT molecular complexity index is 423. The standard InChI is InChI=1S/C15H22N2O4/c18-12-6-2-5-9-14(19)16-10-11-17-15(20)21-13-7-3-1-4-8-13/h1,3-4,7-8,18H,2,5-6,9-12H2,(H,16,19)(H,17,20). The van der Waals surface area contributed by atoms with Crippen molar-refractivity contribution < 1.29 is 19.4 Å². The molecule has 0 unspecified atom stereocenters. The molecule has 1 aromatic rings. The van der Waals surface area contributed by atoms with Crippen LogP contribution in [0.15, 0.2) is 30.3 Å². The van der Waals surface area contributed by atoms with Gasteiger partial charge in [0.05, 0.1) is 0 Å². The van der Waals surface area contributed by atoms with Gasteiger partial charge in [0, 0.05) is 26.1 Å². The number of rotatable bonds is 9. The van der Waals surface area contributed by atoms with Gasteiger partial charge in [0.2, 0.25) is 5.91 Å². The van der Waals surface area contributed by atoms with Crippen molar-refractivity contribution in [2.75, 3.05) is 19.7 Å². The minimum atomic E-state index is -0.543. The molecule has 0 heterocycles. The van der Waals surface area contributed by atoms with Gasteiger partial charge in [0.25, 0.3) is 0 Å². The number of nitrogens with one attached hydrogen (secondary N) is 2. The highest BCUT2D eigenvalue weighted by Crippen LogP contribution is 2.07. The molecule has 1 rings (SSSR count). The fourth-order valence-corrected chi connectivity index (χ4v) is 1.66. The number of para-hydroxylation sites is 1. The molecule has 0 bridgehead atoms. The Morgan fingerprint density at radius 3 is 2.43 bits per heavy atom. The molecular weight excluding hydrogens is 272 g/mol. The van der Waals surface area contributed by atoms with Gasteiger partial charge in [-0.25, -0.2) is 4.79 Å². The SMILES string of the molecule is O=C(CCCCCO)NCCNC(=O)Oc1ccccc1. The van der Waals surface area contributed by atoms with E-state index in [2.05, 4.69) is 10.6 Å². The fourth-order valence-electron chi connectivity index (χ4n) is 1.66. The summed E-state index contributed by atoms with van der Waals surface area (Å²) < 4.78 is 5.03. The molecule has 0 saturated heterocycles. The topological polar surface area (TPSA) is 87.7 Å². The Hall–Kier alpha value is -2.08. The van der Waals surface area contributed by atoms with Crippen molar-refractivity contribution in [3.05, 3.63) is 30.3 Å². The van der Waals surface area contributed by atoms with Gasteiger partial charge in [-0.1, -0.05) is 24.6 Å². The summed E-state index contributed by atoms with van der Waals surface area (Å²) in [4.78, 5) is 22.9. The van der Waals surface area contributed by atoms with Crippen molar-refractivity contribution >= 4 is 12.0 Å². The van der Waals surface area contributed by atoms with Crippen molar-refractivity contribution in [1.29, 1.82) is 0 Å². The molecule has 0 aliphatic heterocycles. The molecule has 0 saturated carbocycles. The highest BCUT2D eigenvalue weighted by Gasteiger charge is 2.04. The molecule has 0 atom stereocenters. The minimum absolute atomic E-state index is 0.0498. The number of benzene rings is 1. The third-order valence-corrected chi connectivity index (χ3v) is 2.73. The van der Waals surface area contributed by atoms with E-state index in [1.165, 1.54) is 0 Å². The van der Waals surface area contributed by atoms with Gasteiger partial charge in [0.1, 0.15) is 5.75 Å². The van der Waals surface area contributed by atoms with Gasteiger partial charge in [-0.15, -0.1) is 0 Å². The summed E-state index contributed by atoms with van der Waals surface area (Å²) in [6, 6.07) is 8.77. The Balaban J connectivity index is 2.03. The first-order chi connectivity index (χ1) is 10.2. The minimum Gasteiger partial charge on any atom is -0.410 e. The van der Waals surface area contributed by atoms with Crippen molar-refractivity contribution in [3.8, 4) is 5.75 Å². The second-order valence-electron chi connectivity index (χ2n) is 4.51. The monoisotopic (exact) mass is 294 g/mol. The van der Waals surface area contributed by atoms with E-state index in [0.29, 0.717) is 25.3 Å². The molecule has 0 aliphatic rings. The van der Waals surface area contributed by atoms with E-state index in [1.807, 2.05) is 6.07 Å². The lowest BCUT2D eigenvalue weighted by Crippen LogP contribution is -2.35. The molecule has 21 heavy (non-hydrogen) atoms. The molecule has 0 fully saturated rings. The Morgan fingerprint density at radius 1 is 1.00 bits per heavy atom. The van der Waals surface area contributed by atoms with E-state index < -0.39 is 6.09 Å². The molecule has 0 aromatic heterocycles. The van der Waals surface area contributed by atoms with Crippen LogP contribution in [0.5, 0.6) is 5.75 Å². The van der Waals surface area contributed by atoms with E-state index >= 15 is 0 Å². The zero-order chi connectivity index (χ0) is 15.3. The zero-order valence-electron chi connectivity index (χ0n) is 12.0. The summed E-state index contributed by atoms with van der Waals surface area (Å²) in [6.07, 6.45) is 2.22. The van der Waals surface area contributed by atoms with Crippen LogP contribution in [-0.2, 0) is 4.79 Å². The second kappa shape index (κ2) is 10.7. The van der Waals surface area contributed by atoms with Gasteiger partial charge in [-0.05, 0) is 25.0 Å². The first-order valence-corrected chi connectivity index (χ1v) is 7.10. The molecule has 6 nitrogen and oxygen atoms in total. The van der Waals surface area contributed by atoms with Gasteiger partial charge in [-0.3, -0.25) is 4.79 Å². The van der Waals surface area contributed by atoms with E-state index in [4.69, 9.17) is 9.84 Å². The number of carbonyl (C=O) groups is 2. The third kappa shape index (κ3) is 8.65. The van der Waals surface area contributed by atoms with Crippen molar-refractivity contribution in [2.45, 2.75) is 25.7 Å². The quantitative estimate of drug-likeness (QED) is 0.601. The lowest BCUT2D eigenvalue weighted by atomic mass is 10.2. The summed E-state index contributed by atoms with van der Waals surface area (Å²) in [5.41, 5.74) is 0. The summed E-state index contributed by atoms with van der Waals surface area (Å²) >= 11 is 0. The van der Waals surface area contributed by atoms with Crippen LogP contribution in [0.4, 0.5) is 4.79 Å². The maximum atomic E-state index is 11.4. The third-order valence-electron chi connectivity index (χ3n) is 2.73. The highest BCUT2D eigenvalue weighted by molar-refractivity contribution is 5.76. The lowest BCUT2D eigenvalue weighted by molar-refractivity contribution is -0.121. The maximum absolute atomic E-state index is 11.4. The molecular formula is C15H22N2O4. The zero-order valence-corrected chi connectivity index (χ0v) is 12.0. The molecule has 6 heteroatoms. The Morgan fingerprint density at radius 2 is 1.71 bits per heavy atom. The predicted octanol–water partition coefficient (Wildman–Crippen LogP) is 1.44. The van der Waals surface area contributed by atoms with E-state index in [0.717, 1.165) is 19.3 Å². The average molecular weight is 294 g/mol.